The van der Waals surface area contributed by atoms with Gasteiger partial charge in [-0.25, -0.2) is 4.98 Å². The molecule has 0 radical (unpaired) electrons. The average molecular weight is 279 g/mol. The minimum Gasteiger partial charge on any atom is -0.330 e. The third kappa shape index (κ3) is 3.43. The highest BCUT2D eigenvalue weighted by Crippen LogP contribution is 2.33. The molecule has 0 amide bonds. The highest BCUT2D eigenvalue weighted by atomic mass is 32.1. The molecule has 1 aliphatic rings. The minimum absolute atomic E-state index is 0.561. The van der Waals surface area contributed by atoms with E-state index in [4.69, 9.17) is 5.73 Å². The lowest BCUT2D eigenvalue weighted by Crippen LogP contribution is -2.35. The lowest BCUT2D eigenvalue weighted by molar-refractivity contribution is -0.137. The quantitative estimate of drug-likeness (QED) is 0.923. The van der Waals surface area contributed by atoms with Crippen LogP contribution in [-0.2, 0) is 12.7 Å². The van der Waals surface area contributed by atoms with Gasteiger partial charge in [-0.3, -0.25) is 4.90 Å². The van der Waals surface area contributed by atoms with E-state index in [0.717, 1.165) is 37.3 Å². The molecule has 1 saturated heterocycles. The Morgan fingerprint density at radius 3 is 2.56 bits per heavy atom. The molecule has 0 saturated carbocycles. The number of aromatic nitrogens is 1. The summed E-state index contributed by atoms with van der Waals surface area (Å²) in [7, 11) is 0. The smallest absolute Gasteiger partial charge is 0.330 e. The van der Waals surface area contributed by atoms with Gasteiger partial charge in [0.25, 0.3) is 0 Å². The molecule has 18 heavy (non-hydrogen) atoms. The fourth-order valence-electron chi connectivity index (χ4n) is 2.11. The number of nitrogens with two attached hydrogens (primary N) is 1. The first-order chi connectivity index (χ1) is 8.49. The molecule has 1 aliphatic heterocycles. The van der Waals surface area contributed by atoms with Gasteiger partial charge < -0.3 is 5.73 Å². The number of alkyl halides is 3. The molecule has 2 rings (SSSR count). The molecule has 0 spiro atoms. The van der Waals surface area contributed by atoms with Crippen LogP contribution in [0.25, 0.3) is 0 Å². The van der Waals surface area contributed by atoms with Crippen molar-refractivity contribution >= 4 is 11.3 Å². The summed E-state index contributed by atoms with van der Waals surface area (Å²) in [5, 5.41) is -0.755. The van der Waals surface area contributed by atoms with Crippen molar-refractivity contribution in [3.63, 3.8) is 0 Å². The van der Waals surface area contributed by atoms with E-state index in [1.807, 2.05) is 0 Å². The van der Waals surface area contributed by atoms with Crippen molar-refractivity contribution in [1.82, 2.24) is 9.88 Å². The Labute approximate surface area is 108 Å². The normalized spacial score (nSPS) is 19.3. The maximum absolute atomic E-state index is 12.4. The zero-order valence-electron chi connectivity index (χ0n) is 9.91. The summed E-state index contributed by atoms with van der Waals surface area (Å²) in [6.45, 7) is 3.07. The van der Waals surface area contributed by atoms with E-state index in [-0.39, 0.29) is 0 Å². The summed E-state index contributed by atoms with van der Waals surface area (Å²) < 4.78 is 37.2. The van der Waals surface area contributed by atoms with Crippen LogP contribution in [-0.4, -0.2) is 29.5 Å². The average Bonchev–Trinajstić information content (AvgIpc) is 2.78. The molecular weight excluding hydrogens is 263 g/mol. The van der Waals surface area contributed by atoms with E-state index < -0.39 is 11.2 Å². The Kier molecular flexibility index (Phi) is 4.24. The molecule has 0 aliphatic carbocycles. The number of hydrogen-bond donors (Lipinski definition) is 1. The van der Waals surface area contributed by atoms with Crippen LogP contribution < -0.4 is 5.73 Å². The van der Waals surface area contributed by atoms with Crippen LogP contribution in [0.4, 0.5) is 13.2 Å². The Balaban J connectivity index is 1.89. The van der Waals surface area contributed by atoms with E-state index in [9.17, 15) is 13.2 Å². The van der Waals surface area contributed by atoms with Gasteiger partial charge in [0.1, 0.15) is 0 Å². The number of nitrogens with zero attached hydrogens (tertiary/aromatic N) is 2. The molecule has 1 fully saturated rings. The molecule has 102 valence electrons. The third-order valence-corrected chi connectivity index (χ3v) is 4.24. The van der Waals surface area contributed by atoms with Crippen LogP contribution in [0.2, 0.25) is 0 Å². The molecule has 2 heterocycles. The van der Waals surface area contributed by atoms with Crippen molar-refractivity contribution in [2.75, 3.05) is 19.6 Å². The van der Waals surface area contributed by atoms with Gasteiger partial charge in [0.05, 0.1) is 0 Å². The predicted octanol–water partition coefficient (Wildman–Crippen LogP) is 2.33. The van der Waals surface area contributed by atoms with Gasteiger partial charge in [0.15, 0.2) is 5.01 Å². The molecular formula is C11H16F3N3S. The molecule has 1 aromatic heterocycles. The zero-order chi connectivity index (χ0) is 13.2. The van der Waals surface area contributed by atoms with Crippen LogP contribution >= 0.6 is 11.3 Å². The van der Waals surface area contributed by atoms with E-state index in [1.54, 1.807) is 0 Å². The number of halogens is 3. The zero-order valence-corrected chi connectivity index (χ0v) is 10.7. The molecule has 0 bridgehead atoms. The van der Waals surface area contributed by atoms with E-state index in [0.29, 0.717) is 23.9 Å². The topological polar surface area (TPSA) is 42.1 Å². The highest BCUT2D eigenvalue weighted by Gasteiger charge is 2.34. The second-order valence-corrected chi connectivity index (χ2v) is 5.70. The SMILES string of the molecule is NCC1CCN(Cc2cnc(C(F)(F)F)s2)CC1. The van der Waals surface area contributed by atoms with Crippen LogP contribution in [0.5, 0.6) is 0 Å². The molecule has 0 unspecified atom stereocenters. The Morgan fingerprint density at radius 2 is 2.06 bits per heavy atom. The van der Waals surface area contributed by atoms with E-state index >= 15 is 0 Å². The number of piperidine rings is 1. The number of rotatable bonds is 3. The van der Waals surface area contributed by atoms with Gasteiger partial charge in [-0.05, 0) is 38.4 Å². The minimum atomic E-state index is -4.32. The van der Waals surface area contributed by atoms with E-state index in [1.165, 1.54) is 6.20 Å². The summed E-state index contributed by atoms with van der Waals surface area (Å²) in [4.78, 5) is 6.27. The first-order valence-electron chi connectivity index (χ1n) is 5.93. The van der Waals surface area contributed by atoms with Gasteiger partial charge >= 0.3 is 6.18 Å². The highest BCUT2D eigenvalue weighted by molar-refractivity contribution is 7.11. The fraction of sp³-hybridized carbons (Fsp3) is 0.727. The van der Waals surface area contributed by atoms with Gasteiger partial charge in [-0.15, -0.1) is 11.3 Å². The van der Waals surface area contributed by atoms with Crippen molar-refractivity contribution in [1.29, 1.82) is 0 Å². The van der Waals surface area contributed by atoms with Crippen molar-refractivity contribution < 1.29 is 13.2 Å². The van der Waals surface area contributed by atoms with Crippen LogP contribution in [0.15, 0.2) is 6.20 Å². The van der Waals surface area contributed by atoms with Gasteiger partial charge in [-0.2, -0.15) is 13.2 Å². The lowest BCUT2D eigenvalue weighted by atomic mass is 9.97. The molecule has 1 aromatic rings. The molecule has 3 nitrogen and oxygen atoms in total. The second-order valence-electron chi connectivity index (χ2n) is 4.58. The summed E-state index contributed by atoms with van der Waals surface area (Å²) in [5.41, 5.74) is 5.60. The lowest BCUT2D eigenvalue weighted by Gasteiger charge is -2.30. The first kappa shape index (κ1) is 13.8. The van der Waals surface area contributed by atoms with Crippen LogP contribution in [0, 0.1) is 5.92 Å². The number of likely N-dealkylation sites (tertiary alicyclic amines) is 1. The molecule has 7 heteroatoms. The Hall–Kier alpha value is -0.660. The number of thiazole rings is 1. The number of hydrogen-bond acceptors (Lipinski definition) is 4. The van der Waals surface area contributed by atoms with Gasteiger partial charge in [-0.1, -0.05) is 0 Å². The van der Waals surface area contributed by atoms with Crippen molar-refractivity contribution in [3.05, 3.63) is 16.1 Å². The van der Waals surface area contributed by atoms with Crippen LogP contribution in [0.3, 0.4) is 0 Å². The van der Waals surface area contributed by atoms with Crippen molar-refractivity contribution in [2.24, 2.45) is 11.7 Å². The Bertz CT molecular complexity index is 383. The van der Waals surface area contributed by atoms with Gasteiger partial charge in [0.2, 0.25) is 0 Å². The standard InChI is InChI=1S/C11H16F3N3S/c12-11(13,14)10-16-6-9(18-10)7-17-3-1-8(5-15)2-4-17/h6,8H,1-5,7,15H2. The maximum Gasteiger partial charge on any atom is 0.443 e. The van der Waals surface area contributed by atoms with E-state index in [2.05, 4.69) is 9.88 Å². The molecule has 0 atom stereocenters. The summed E-state index contributed by atoms with van der Waals surface area (Å²) in [6.07, 6.45) is -0.930. The van der Waals surface area contributed by atoms with Gasteiger partial charge in [0, 0.05) is 17.6 Å². The van der Waals surface area contributed by atoms with Crippen molar-refractivity contribution in [2.45, 2.75) is 25.6 Å². The predicted molar refractivity (Wildman–Crippen MR) is 64.2 cm³/mol. The first-order valence-corrected chi connectivity index (χ1v) is 6.75. The monoisotopic (exact) mass is 279 g/mol. The second kappa shape index (κ2) is 5.54. The maximum atomic E-state index is 12.4. The molecule has 2 N–H and O–H groups in total. The largest absolute Gasteiger partial charge is 0.443 e. The Morgan fingerprint density at radius 1 is 1.39 bits per heavy atom. The van der Waals surface area contributed by atoms with Crippen molar-refractivity contribution in [3.8, 4) is 0 Å². The fourth-order valence-corrected chi connectivity index (χ4v) is 2.93. The summed E-state index contributed by atoms with van der Waals surface area (Å²) in [6, 6.07) is 0. The molecule has 0 aromatic carbocycles. The van der Waals surface area contributed by atoms with Crippen LogP contribution in [0.1, 0.15) is 22.7 Å². The summed E-state index contributed by atoms with van der Waals surface area (Å²) in [5.74, 6) is 0.563. The third-order valence-electron chi connectivity index (χ3n) is 3.22. The summed E-state index contributed by atoms with van der Waals surface area (Å²) >= 11 is 0.738.